The molecule has 0 atom stereocenters. The average Bonchev–Trinajstić information content (AvgIpc) is 2.76. The summed E-state index contributed by atoms with van der Waals surface area (Å²) in [4.78, 5) is 25.1. The van der Waals surface area contributed by atoms with Crippen molar-refractivity contribution in [2.24, 2.45) is 11.3 Å². The van der Waals surface area contributed by atoms with Gasteiger partial charge in [-0.05, 0) is 25.2 Å². The predicted octanol–water partition coefficient (Wildman–Crippen LogP) is 2.28. The predicted molar refractivity (Wildman–Crippen MR) is 68.1 cm³/mol. The Bertz CT molecular complexity index is 330. The maximum Gasteiger partial charge on any atom is 0.319 e. The van der Waals surface area contributed by atoms with Crippen molar-refractivity contribution in [3.63, 3.8) is 0 Å². The van der Waals surface area contributed by atoms with Gasteiger partial charge >= 0.3 is 5.97 Å². The fraction of sp³-hybridized carbons (Fsp3) is 0.857. The molecule has 0 aromatic carbocycles. The van der Waals surface area contributed by atoms with Crippen LogP contribution in [0.4, 0.5) is 0 Å². The molecular formula is C14H23NO3. The van der Waals surface area contributed by atoms with Crippen molar-refractivity contribution in [3.8, 4) is 0 Å². The molecule has 0 heterocycles. The number of rotatable bonds is 5. The first-order valence-corrected chi connectivity index (χ1v) is 7.05. The van der Waals surface area contributed by atoms with Crippen LogP contribution in [0, 0.1) is 11.3 Å². The number of hydrogen-bond donors (Lipinski definition) is 1. The molecule has 0 saturated heterocycles. The smallest absolute Gasteiger partial charge is 0.319 e. The number of hydrogen-bond acceptors (Lipinski definition) is 2. The summed E-state index contributed by atoms with van der Waals surface area (Å²) in [5.74, 6) is -0.381. The van der Waals surface area contributed by atoms with Crippen LogP contribution in [0.2, 0.25) is 0 Å². The molecule has 1 N–H and O–H groups in total. The first-order valence-electron chi connectivity index (χ1n) is 7.05. The molecule has 2 rings (SSSR count). The third-order valence-corrected chi connectivity index (χ3v) is 4.72. The minimum absolute atomic E-state index is 0.181. The van der Waals surface area contributed by atoms with Gasteiger partial charge in [0.15, 0.2) is 0 Å². The lowest BCUT2D eigenvalue weighted by atomic mass is 9.68. The van der Waals surface area contributed by atoms with Gasteiger partial charge in [0.25, 0.3) is 0 Å². The molecule has 4 heteroatoms. The van der Waals surface area contributed by atoms with Crippen LogP contribution in [0.3, 0.4) is 0 Å². The first kappa shape index (κ1) is 13.4. The van der Waals surface area contributed by atoms with Crippen molar-refractivity contribution >= 4 is 11.9 Å². The van der Waals surface area contributed by atoms with Gasteiger partial charge in [-0.2, -0.15) is 0 Å². The summed E-state index contributed by atoms with van der Waals surface area (Å²) in [6.07, 6.45) is 8.05. The second-order valence-electron chi connectivity index (χ2n) is 5.91. The summed E-state index contributed by atoms with van der Waals surface area (Å²) in [5, 5.41) is 9.24. The second-order valence-corrected chi connectivity index (χ2v) is 5.91. The zero-order valence-electron chi connectivity index (χ0n) is 11.2. The van der Waals surface area contributed by atoms with Gasteiger partial charge in [0.2, 0.25) is 5.91 Å². The molecule has 0 bridgehead atoms. The van der Waals surface area contributed by atoms with E-state index in [2.05, 4.69) is 0 Å². The Hall–Kier alpha value is -1.06. The Morgan fingerprint density at radius 1 is 1.22 bits per heavy atom. The van der Waals surface area contributed by atoms with E-state index in [9.17, 15) is 14.7 Å². The van der Waals surface area contributed by atoms with Gasteiger partial charge in [0.1, 0.15) is 5.41 Å². The number of carbonyl (C=O) groups excluding carboxylic acids is 1. The van der Waals surface area contributed by atoms with E-state index >= 15 is 0 Å². The van der Waals surface area contributed by atoms with Crippen LogP contribution in [0.1, 0.15) is 51.4 Å². The molecular weight excluding hydrogens is 230 g/mol. The number of carboxylic acid groups (broad SMARTS) is 1. The summed E-state index contributed by atoms with van der Waals surface area (Å²) < 4.78 is 0. The number of carboxylic acids is 1. The summed E-state index contributed by atoms with van der Waals surface area (Å²) in [5.41, 5.74) is -1.09. The van der Waals surface area contributed by atoms with Crippen molar-refractivity contribution < 1.29 is 14.7 Å². The Morgan fingerprint density at radius 2 is 1.83 bits per heavy atom. The van der Waals surface area contributed by atoms with E-state index in [0.29, 0.717) is 19.4 Å². The minimum atomic E-state index is -1.09. The minimum Gasteiger partial charge on any atom is -0.480 e. The lowest BCUT2D eigenvalue weighted by molar-refractivity contribution is -0.166. The van der Waals surface area contributed by atoms with Gasteiger partial charge in [0.05, 0.1) is 0 Å². The van der Waals surface area contributed by atoms with Gasteiger partial charge in [-0.25, -0.2) is 0 Å². The SMILES string of the molecule is CN(CCC1CCCC1)C(=O)C1(C(=O)O)CCC1. The van der Waals surface area contributed by atoms with Crippen LogP contribution in [-0.4, -0.2) is 35.5 Å². The van der Waals surface area contributed by atoms with Crippen molar-refractivity contribution in [1.29, 1.82) is 0 Å². The largest absolute Gasteiger partial charge is 0.480 e. The van der Waals surface area contributed by atoms with E-state index in [1.54, 1.807) is 11.9 Å². The molecule has 18 heavy (non-hydrogen) atoms. The molecule has 0 aromatic rings. The maximum absolute atomic E-state index is 12.2. The van der Waals surface area contributed by atoms with E-state index in [-0.39, 0.29) is 5.91 Å². The molecule has 0 aromatic heterocycles. The fourth-order valence-electron chi connectivity index (χ4n) is 3.19. The monoisotopic (exact) mass is 253 g/mol. The van der Waals surface area contributed by atoms with Crippen molar-refractivity contribution in [2.75, 3.05) is 13.6 Å². The highest BCUT2D eigenvalue weighted by Crippen LogP contribution is 2.42. The quantitative estimate of drug-likeness (QED) is 0.765. The summed E-state index contributed by atoms with van der Waals surface area (Å²) in [6.45, 7) is 0.707. The highest BCUT2D eigenvalue weighted by molar-refractivity contribution is 6.02. The fourth-order valence-corrected chi connectivity index (χ4v) is 3.19. The van der Waals surface area contributed by atoms with Gasteiger partial charge in [0, 0.05) is 13.6 Å². The van der Waals surface area contributed by atoms with E-state index in [4.69, 9.17) is 0 Å². The number of carbonyl (C=O) groups is 2. The van der Waals surface area contributed by atoms with Crippen LogP contribution in [-0.2, 0) is 9.59 Å². The van der Waals surface area contributed by atoms with Gasteiger partial charge in [-0.15, -0.1) is 0 Å². The molecule has 102 valence electrons. The molecule has 0 aliphatic heterocycles. The molecule has 2 saturated carbocycles. The molecule has 0 radical (unpaired) electrons. The zero-order valence-corrected chi connectivity index (χ0v) is 11.2. The highest BCUT2D eigenvalue weighted by Gasteiger charge is 2.52. The van der Waals surface area contributed by atoms with Crippen molar-refractivity contribution in [2.45, 2.75) is 51.4 Å². The van der Waals surface area contributed by atoms with Gasteiger partial charge in [-0.3, -0.25) is 9.59 Å². The van der Waals surface area contributed by atoms with Gasteiger partial charge < -0.3 is 10.0 Å². The Morgan fingerprint density at radius 3 is 2.28 bits per heavy atom. The molecule has 2 aliphatic rings. The molecule has 0 spiro atoms. The lowest BCUT2D eigenvalue weighted by Crippen LogP contribution is -2.51. The van der Waals surface area contributed by atoms with Crippen LogP contribution in [0.5, 0.6) is 0 Å². The van der Waals surface area contributed by atoms with Crippen LogP contribution < -0.4 is 0 Å². The van der Waals surface area contributed by atoms with Crippen molar-refractivity contribution in [3.05, 3.63) is 0 Å². The van der Waals surface area contributed by atoms with E-state index in [1.165, 1.54) is 25.7 Å². The standard InChI is InChI=1S/C14H23NO3/c1-15(10-7-11-5-2-3-6-11)12(16)14(13(17)18)8-4-9-14/h11H,2-10H2,1H3,(H,17,18). The van der Waals surface area contributed by atoms with E-state index in [0.717, 1.165) is 18.8 Å². The van der Waals surface area contributed by atoms with Crippen LogP contribution in [0.25, 0.3) is 0 Å². The van der Waals surface area contributed by atoms with Gasteiger partial charge in [-0.1, -0.05) is 32.1 Å². The molecule has 1 amide bonds. The van der Waals surface area contributed by atoms with Crippen LogP contribution in [0.15, 0.2) is 0 Å². The van der Waals surface area contributed by atoms with E-state index in [1.807, 2.05) is 0 Å². The molecule has 2 aliphatic carbocycles. The number of aliphatic carboxylic acids is 1. The topological polar surface area (TPSA) is 57.6 Å². The third-order valence-electron chi connectivity index (χ3n) is 4.72. The molecule has 0 unspecified atom stereocenters. The second kappa shape index (κ2) is 5.29. The van der Waals surface area contributed by atoms with Crippen LogP contribution >= 0.6 is 0 Å². The average molecular weight is 253 g/mol. The molecule has 4 nitrogen and oxygen atoms in total. The van der Waals surface area contributed by atoms with E-state index < -0.39 is 11.4 Å². The Kier molecular flexibility index (Phi) is 3.93. The normalized spacial score (nSPS) is 22.5. The Balaban J connectivity index is 1.85. The summed E-state index contributed by atoms with van der Waals surface area (Å²) in [7, 11) is 1.75. The van der Waals surface area contributed by atoms with Crippen molar-refractivity contribution in [1.82, 2.24) is 4.90 Å². The third kappa shape index (κ3) is 2.38. The molecule has 2 fully saturated rings. The zero-order chi connectivity index (χ0) is 13.2. The summed E-state index contributed by atoms with van der Waals surface area (Å²) >= 11 is 0. The highest BCUT2D eigenvalue weighted by atomic mass is 16.4. The number of nitrogens with zero attached hydrogens (tertiary/aromatic N) is 1. The lowest BCUT2D eigenvalue weighted by Gasteiger charge is -2.39. The summed E-state index contributed by atoms with van der Waals surface area (Å²) in [6, 6.07) is 0. The Labute approximate surface area is 108 Å². The first-order chi connectivity index (χ1) is 8.56. The maximum atomic E-state index is 12.2. The number of amides is 1.